The van der Waals surface area contributed by atoms with E-state index in [4.69, 9.17) is 4.74 Å². The molecule has 0 saturated heterocycles. The van der Waals surface area contributed by atoms with Gasteiger partial charge >= 0.3 is 0 Å². The largest absolute Gasteiger partial charge is 0.370 e. The summed E-state index contributed by atoms with van der Waals surface area (Å²) < 4.78 is 6.10. The van der Waals surface area contributed by atoms with Crippen molar-refractivity contribution in [3.63, 3.8) is 0 Å². The molecular weight excluding hydrogens is 453 g/mol. The quantitative estimate of drug-likeness (QED) is 0.361. The van der Waals surface area contributed by atoms with E-state index >= 15 is 0 Å². The van der Waals surface area contributed by atoms with Gasteiger partial charge in [0.15, 0.2) is 0 Å². The number of allylic oxidation sites excluding steroid dienone is 1. The van der Waals surface area contributed by atoms with Crippen molar-refractivity contribution in [2.75, 3.05) is 0 Å². The van der Waals surface area contributed by atoms with E-state index in [2.05, 4.69) is 59.5 Å². The summed E-state index contributed by atoms with van der Waals surface area (Å²) in [7, 11) is 0. The highest BCUT2D eigenvalue weighted by Gasteiger charge is 2.24. The number of ether oxygens (including phenoxy) is 1. The maximum absolute atomic E-state index is 9.49. The van der Waals surface area contributed by atoms with E-state index in [0.717, 1.165) is 23.3 Å². The normalized spacial score (nSPS) is 20.2. The molecule has 0 radical (unpaired) electrons. The van der Waals surface area contributed by atoms with E-state index < -0.39 is 0 Å². The van der Waals surface area contributed by atoms with Gasteiger partial charge in [-0.1, -0.05) is 53.4 Å². The molecule has 0 bridgehead atoms. The summed E-state index contributed by atoms with van der Waals surface area (Å²) >= 11 is 4.23. The first kappa shape index (κ1) is 19.7. The minimum atomic E-state index is -0.113. The molecule has 26 heavy (non-hydrogen) atoms. The summed E-state index contributed by atoms with van der Waals surface area (Å²) in [5.41, 5.74) is 6.17. The molecule has 0 heterocycles. The van der Waals surface area contributed by atoms with E-state index in [-0.39, 0.29) is 15.5 Å². The SMILES string of the molecule is C=C(SC(I)C1=CCC(OC(C)C)C(C#N)=C1)c1cccc2c1CCC2. The number of alkyl halides is 1. The lowest BCUT2D eigenvalue weighted by Gasteiger charge is -2.24. The minimum Gasteiger partial charge on any atom is -0.370 e. The maximum atomic E-state index is 9.49. The van der Waals surface area contributed by atoms with E-state index in [1.165, 1.54) is 35.1 Å². The van der Waals surface area contributed by atoms with Crippen LogP contribution in [-0.2, 0) is 17.6 Å². The van der Waals surface area contributed by atoms with Crippen LogP contribution in [0, 0.1) is 11.3 Å². The third-order valence-corrected chi connectivity index (χ3v) is 7.22. The fourth-order valence-corrected chi connectivity index (χ4v) is 5.78. The molecule has 0 aromatic heterocycles. The first-order valence-electron chi connectivity index (χ1n) is 9.07. The van der Waals surface area contributed by atoms with E-state index in [1.54, 1.807) is 11.8 Å². The fraction of sp³-hybridized carbons (Fsp3) is 0.409. The smallest absolute Gasteiger partial charge is 0.0975 e. The summed E-state index contributed by atoms with van der Waals surface area (Å²) in [5.74, 6) is 0. The number of benzene rings is 1. The van der Waals surface area contributed by atoms with Crippen LogP contribution in [0.1, 0.15) is 43.4 Å². The lowest BCUT2D eigenvalue weighted by atomic mass is 9.98. The summed E-state index contributed by atoms with van der Waals surface area (Å²) in [6, 6.07) is 8.91. The van der Waals surface area contributed by atoms with Crippen LogP contribution in [0.2, 0.25) is 0 Å². The first-order valence-corrected chi connectivity index (χ1v) is 11.2. The van der Waals surface area contributed by atoms with Crippen molar-refractivity contribution in [2.24, 2.45) is 0 Å². The van der Waals surface area contributed by atoms with Gasteiger partial charge in [0, 0.05) is 4.91 Å². The number of thioether (sulfide) groups is 1. The van der Waals surface area contributed by atoms with Crippen LogP contribution in [-0.4, -0.2) is 15.5 Å². The molecular formula is C22H24INOS. The van der Waals surface area contributed by atoms with Gasteiger partial charge < -0.3 is 4.74 Å². The average molecular weight is 477 g/mol. The van der Waals surface area contributed by atoms with Gasteiger partial charge in [-0.3, -0.25) is 0 Å². The molecule has 2 atom stereocenters. The zero-order chi connectivity index (χ0) is 18.7. The van der Waals surface area contributed by atoms with Gasteiger partial charge in [-0.2, -0.15) is 5.26 Å². The van der Waals surface area contributed by atoms with Crippen molar-refractivity contribution in [3.05, 3.63) is 64.8 Å². The summed E-state index contributed by atoms with van der Waals surface area (Å²) in [4.78, 5) is 1.12. The zero-order valence-electron chi connectivity index (χ0n) is 15.3. The topological polar surface area (TPSA) is 33.0 Å². The summed E-state index contributed by atoms with van der Waals surface area (Å²) in [6.07, 6.45) is 8.57. The Hall–Kier alpha value is -1.03. The van der Waals surface area contributed by atoms with Crippen LogP contribution in [0.4, 0.5) is 0 Å². The Balaban J connectivity index is 1.71. The second kappa shape index (κ2) is 8.77. The van der Waals surface area contributed by atoms with Gasteiger partial charge in [0.2, 0.25) is 0 Å². The van der Waals surface area contributed by atoms with Crippen LogP contribution in [0.25, 0.3) is 4.91 Å². The Morgan fingerprint density at radius 1 is 1.38 bits per heavy atom. The van der Waals surface area contributed by atoms with Crippen molar-refractivity contribution in [3.8, 4) is 6.07 Å². The van der Waals surface area contributed by atoms with Crippen molar-refractivity contribution < 1.29 is 4.74 Å². The summed E-state index contributed by atoms with van der Waals surface area (Å²) in [5, 5.41) is 9.49. The van der Waals surface area contributed by atoms with Crippen LogP contribution in [0.5, 0.6) is 0 Å². The molecule has 2 aliphatic rings. The Morgan fingerprint density at radius 2 is 2.19 bits per heavy atom. The Kier molecular flexibility index (Phi) is 6.65. The molecule has 2 unspecified atom stereocenters. The minimum absolute atomic E-state index is 0.113. The molecule has 3 rings (SSSR count). The molecule has 136 valence electrons. The standard InChI is InChI=1S/C22H24INOS/c1-14(2)25-21-11-10-17(12-18(21)13-24)22(23)26-15(3)19-8-4-6-16-7-5-9-20(16)19/h4,6,8,10,12,14,21-22H,3,5,7,9,11H2,1-2H3. The highest BCUT2D eigenvalue weighted by Crippen LogP contribution is 2.41. The molecule has 0 amide bonds. The van der Waals surface area contributed by atoms with Crippen molar-refractivity contribution in [1.29, 1.82) is 5.26 Å². The lowest BCUT2D eigenvalue weighted by Crippen LogP contribution is -2.22. The van der Waals surface area contributed by atoms with E-state index in [0.29, 0.717) is 0 Å². The third-order valence-electron chi connectivity index (χ3n) is 4.76. The molecule has 2 aliphatic carbocycles. The van der Waals surface area contributed by atoms with Crippen molar-refractivity contribution in [2.45, 2.75) is 55.0 Å². The van der Waals surface area contributed by atoms with E-state index in [9.17, 15) is 5.26 Å². The predicted molar refractivity (Wildman–Crippen MR) is 119 cm³/mol. The van der Waals surface area contributed by atoms with Gasteiger partial charge in [-0.15, -0.1) is 11.8 Å². The fourth-order valence-electron chi connectivity index (χ4n) is 3.56. The Bertz CT molecular complexity index is 803. The molecule has 0 N–H and O–H groups in total. The second-order valence-electron chi connectivity index (χ2n) is 6.98. The van der Waals surface area contributed by atoms with Crippen LogP contribution >= 0.6 is 34.4 Å². The lowest BCUT2D eigenvalue weighted by molar-refractivity contribution is 0.0324. The number of hydrogen-bond acceptors (Lipinski definition) is 3. The number of halogens is 1. The third kappa shape index (κ3) is 4.44. The molecule has 0 spiro atoms. The number of nitriles is 1. The highest BCUT2D eigenvalue weighted by atomic mass is 127. The van der Waals surface area contributed by atoms with Gasteiger partial charge in [-0.05, 0) is 67.9 Å². The monoisotopic (exact) mass is 477 g/mol. The average Bonchev–Trinajstić information content (AvgIpc) is 3.10. The van der Waals surface area contributed by atoms with Crippen molar-refractivity contribution in [1.82, 2.24) is 0 Å². The van der Waals surface area contributed by atoms with Gasteiger partial charge in [0.1, 0.15) is 0 Å². The predicted octanol–water partition coefficient (Wildman–Crippen LogP) is 6.21. The number of nitrogens with zero attached hydrogens (tertiary/aromatic N) is 1. The molecule has 2 nitrogen and oxygen atoms in total. The number of rotatable bonds is 6. The van der Waals surface area contributed by atoms with Gasteiger partial charge in [0.05, 0.1) is 27.1 Å². The number of hydrogen-bond donors (Lipinski definition) is 0. The van der Waals surface area contributed by atoms with Crippen LogP contribution < -0.4 is 0 Å². The molecule has 1 aromatic rings. The Morgan fingerprint density at radius 3 is 2.92 bits per heavy atom. The Labute approximate surface area is 174 Å². The van der Waals surface area contributed by atoms with Crippen molar-refractivity contribution >= 4 is 39.3 Å². The highest BCUT2D eigenvalue weighted by molar-refractivity contribution is 14.1. The molecule has 0 aliphatic heterocycles. The first-order chi connectivity index (χ1) is 12.5. The maximum Gasteiger partial charge on any atom is 0.0975 e. The molecule has 1 aromatic carbocycles. The number of fused-ring (bicyclic) bond motifs is 1. The van der Waals surface area contributed by atoms with Crippen LogP contribution in [0.15, 0.2) is 48.1 Å². The molecule has 4 heteroatoms. The van der Waals surface area contributed by atoms with Gasteiger partial charge in [-0.25, -0.2) is 0 Å². The number of aryl methyl sites for hydroxylation is 1. The van der Waals surface area contributed by atoms with Crippen LogP contribution in [0.3, 0.4) is 0 Å². The van der Waals surface area contributed by atoms with E-state index in [1.807, 2.05) is 19.9 Å². The summed E-state index contributed by atoms with van der Waals surface area (Å²) in [6.45, 7) is 8.37. The molecule has 0 fully saturated rings. The second-order valence-corrected chi connectivity index (χ2v) is 10.3. The van der Waals surface area contributed by atoms with Gasteiger partial charge in [0.25, 0.3) is 0 Å². The molecule has 0 saturated carbocycles. The zero-order valence-corrected chi connectivity index (χ0v) is 18.3.